The molecular weight excluding hydrogens is 258 g/mol. The lowest BCUT2D eigenvalue weighted by Gasteiger charge is -2.38. The number of tetrazole rings is 1. The van der Waals surface area contributed by atoms with Crippen LogP contribution >= 0.6 is 0 Å². The lowest BCUT2D eigenvalue weighted by molar-refractivity contribution is -0.0978. The van der Waals surface area contributed by atoms with Gasteiger partial charge in [-0.3, -0.25) is 4.79 Å². The van der Waals surface area contributed by atoms with E-state index in [-0.39, 0.29) is 11.3 Å². The van der Waals surface area contributed by atoms with Crippen LogP contribution in [0.2, 0.25) is 0 Å². The van der Waals surface area contributed by atoms with Crippen LogP contribution in [-0.2, 0) is 4.74 Å². The number of ether oxygens (including phenoxy) is 1. The molecule has 0 radical (unpaired) electrons. The largest absolute Gasteiger partial charge is 0.380 e. The summed E-state index contributed by atoms with van der Waals surface area (Å²) in [5.74, 6) is -0.0820. The summed E-state index contributed by atoms with van der Waals surface area (Å²) < 4.78 is 6.70. The molecule has 1 aliphatic heterocycles. The minimum absolute atomic E-state index is 0.0714. The third-order valence-electron chi connectivity index (χ3n) is 3.32. The molecule has 0 atom stereocenters. The SMILES string of the molecule is CC1(CNC(=O)c2ccc(-n3cnnn3)cc2)COC1. The number of amides is 1. The van der Waals surface area contributed by atoms with Gasteiger partial charge in [0.25, 0.3) is 5.91 Å². The molecule has 1 saturated heterocycles. The Labute approximate surface area is 115 Å². The molecular formula is C13H15N5O2. The maximum absolute atomic E-state index is 12.0. The summed E-state index contributed by atoms with van der Waals surface area (Å²) in [6, 6.07) is 7.12. The molecule has 20 heavy (non-hydrogen) atoms. The van der Waals surface area contributed by atoms with Crippen LogP contribution in [0.1, 0.15) is 17.3 Å². The first-order chi connectivity index (χ1) is 9.66. The highest BCUT2D eigenvalue weighted by Gasteiger charge is 2.33. The molecule has 0 unspecified atom stereocenters. The summed E-state index contributed by atoms with van der Waals surface area (Å²) in [4.78, 5) is 12.0. The predicted molar refractivity (Wildman–Crippen MR) is 70.4 cm³/mol. The number of aromatic nitrogens is 4. The fourth-order valence-corrected chi connectivity index (χ4v) is 1.99. The molecule has 7 nitrogen and oxygen atoms in total. The monoisotopic (exact) mass is 273 g/mol. The highest BCUT2D eigenvalue weighted by Crippen LogP contribution is 2.25. The predicted octanol–water partition coefficient (Wildman–Crippen LogP) is 0.429. The first-order valence-electron chi connectivity index (χ1n) is 6.36. The van der Waals surface area contributed by atoms with Gasteiger partial charge in [0.15, 0.2) is 0 Å². The van der Waals surface area contributed by atoms with E-state index in [1.165, 1.54) is 11.0 Å². The van der Waals surface area contributed by atoms with Crippen molar-refractivity contribution in [2.45, 2.75) is 6.92 Å². The molecule has 1 fully saturated rings. The lowest BCUT2D eigenvalue weighted by atomic mass is 9.88. The van der Waals surface area contributed by atoms with E-state index in [1.807, 2.05) is 0 Å². The maximum Gasteiger partial charge on any atom is 0.251 e. The van der Waals surface area contributed by atoms with Crippen LogP contribution in [0.25, 0.3) is 5.69 Å². The second-order valence-corrected chi connectivity index (χ2v) is 5.29. The van der Waals surface area contributed by atoms with E-state index >= 15 is 0 Å². The van der Waals surface area contributed by atoms with E-state index in [1.54, 1.807) is 24.3 Å². The van der Waals surface area contributed by atoms with Crippen LogP contribution in [-0.4, -0.2) is 45.9 Å². The molecule has 3 rings (SSSR count). The highest BCUT2D eigenvalue weighted by molar-refractivity contribution is 5.94. The van der Waals surface area contributed by atoms with Crippen LogP contribution < -0.4 is 5.32 Å². The molecule has 0 aliphatic carbocycles. The highest BCUT2D eigenvalue weighted by atomic mass is 16.5. The normalized spacial score (nSPS) is 16.4. The molecule has 1 aromatic heterocycles. The molecule has 104 valence electrons. The molecule has 1 aromatic carbocycles. The zero-order valence-corrected chi connectivity index (χ0v) is 11.1. The maximum atomic E-state index is 12.0. The van der Waals surface area contributed by atoms with E-state index in [0.29, 0.717) is 25.3 Å². The summed E-state index contributed by atoms with van der Waals surface area (Å²) in [7, 11) is 0. The Kier molecular flexibility index (Phi) is 3.19. The van der Waals surface area contributed by atoms with Crippen molar-refractivity contribution in [3.05, 3.63) is 36.2 Å². The molecule has 0 spiro atoms. The van der Waals surface area contributed by atoms with Gasteiger partial charge in [0, 0.05) is 17.5 Å². The van der Waals surface area contributed by atoms with E-state index < -0.39 is 0 Å². The molecule has 2 aromatic rings. The summed E-state index contributed by atoms with van der Waals surface area (Å²) in [6.07, 6.45) is 1.51. The molecule has 2 heterocycles. The Hall–Kier alpha value is -2.28. The number of benzene rings is 1. The van der Waals surface area contributed by atoms with E-state index in [4.69, 9.17) is 4.74 Å². The summed E-state index contributed by atoms with van der Waals surface area (Å²) in [5.41, 5.74) is 1.50. The Morgan fingerprint density at radius 2 is 2.15 bits per heavy atom. The minimum Gasteiger partial charge on any atom is -0.380 e. The molecule has 7 heteroatoms. The first-order valence-corrected chi connectivity index (χ1v) is 6.36. The van der Waals surface area contributed by atoms with E-state index in [2.05, 4.69) is 27.8 Å². The third kappa shape index (κ3) is 2.53. The van der Waals surface area contributed by atoms with Crippen molar-refractivity contribution >= 4 is 5.91 Å². The average molecular weight is 273 g/mol. The van der Waals surface area contributed by atoms with Gasteiger partial charge in [-0.1, -0.05) is 6.92 Å². The number of hydrogen-bond donors (Lipinski definition) is 1. The van der Waals surface area contributed by atoms with E-state index in [0.717, 1.165) is 5.69 Å². The lowest BCUT2D eigenvalue weighted by Crippen LogP contribution is -2.48. The molecule has 1 aliphatic rings. The Morgan fingerprint density at radius 1 is 1.40 bits per heavy atom. The Balaban J connectivity index is 1.63. The van der Waals surface area contributed by atoms with Crippen molar-refractivity contribution in [2.24, 2.45) is 5.41 Å². The van der Waals surface area contributed by atoms with Gasteiger partial charge in [-0.2, -0.15) is 0 Å². The second kappa shape index (κ2) is 5.01. The van der Waals surface area contributed by atoms with E-state index in [9.17, 15) is 4.79 Å². The number of nitrogens with one attached hydrogen (secondary N) is 1. The summed E-state index contributed by atoms with van der Waals surface area (Å²) in [6.45, 7) is 4.12. The number of hydrogen-bond acceptors (Lipinski definition) is 5. The van der Waals surface area contributed by atoms with Crippen LogP contribution in [0.4, 0.5) is 0 Å². The van der Waals surface area contributed by atoms with Gasteiger partial charge in [0.2, 0.25) is 0 Å². The van der Waals surface area contributed by atoms with Crippen LogP contribution in [0, 0.1) is 5.41 Å². The van der Waals surface area contributed by atoms with Gasteiger partial charge >= 0.3 is 0 Å². The number of nitrogens with zero attached hydrogens (tertiary/aromatic N) is 4. The summed E-state index contributed by atoms with van der Waals surface area (Å²) >= 11 is 0. The van der Waals surface area contributed by atoms with Crippen molar-refractivity contribution in [1.82, 2.24) is 25.5 Å². The standard InChI is InChI=1S/C13H15N5O2/c1-13(7-20-8-13)6-14-12(19)10-2-4-11(5-3-10)18-9-15-16-17-18/h2-5,9H,6-8H2,1H3,(H,14,19). The van der Waals surface area contributed by atoms with Gasteiger partial charge in [-0.25, -0.2) is 4.68 Å². The number of carbonyl (C=O) groups is 1. The first kappa shape index (κ1) is 12.7. The van der Waals surface area contributed by atoms with Crippen molar-refractivity contribution in [3.8, 4) is 5.69 Å². The zero-order valence-electron chi connectivity index (χ0n) is 11.1. The average Bonchev–Trinajstić information content (AvgIpc) is 2.97. The van der Waals surface area contributed by atoms with Crippen LogP contribution in [0.15, 0.2) is 30.6 Å². The summed E-state index contributed by atoms with van der Waals surface area (Å²) in [5, 5.41) is 13.9. The molecule has 0 saturated carbocycles. The van der Waals surface area contributed by atoms with Gasteiger partial charge in [-0.15, -0.1) is 5.10 Å². The third-order valence-corrected chi connectivity index (χ3v) is 3.32. The van der Waals surface area contributed by atoms with Gasteiger partial charge in [0.1, 0.15) is 6.33 Å². The van der Waals surface area contributed by atoms with Crippen molar-refractivity contribution in [1.29, 1.82) is 0 Å². The van der Waals surface area contributed by atoms with Crippen LogP contribution in [0.5, 0.6) is 0 Å². The Bertz CT molecular complexity index is 590. The number of carbonyl (C=O) groups excluding carboxylic acids is 1. The zero-order chi connectivity index (χ0) is 14.0. The number of rotatable bonds is 4. The fraction of sp³-hybridized carbons (Fsp3) is 0.385. The quantitative estimate of drug-likeness (QED) is 0.873. The Morgan fingerprint density at radius 3 is 2.70 bits per heavy atom. The van der Waals surface area contributed by atoms with Gasteiger partial charge < -0.3 is 10.1 Å². The topological polar surface area (TPSA) is 81.9 Å². The minimum atomic E-state index is -0.0820. The van der Waals surface area contributed by atoms with Crippen LogP contribution in [0.3, 0.4) is 0 Å². The van der Waals surface area contributed by atoms with Gasteiger partial charge in [-0.05, 0) is 34.7 Å². The fourth-order valence-electron chi connectivity index (χ4n) is 1.99. The molecule has 0 bridgehead atoms. The van der Waals surface area contributed by atoms with Gasteiger partial charge in [0.05, 0.1) is 18.9 Å². The molecule has 1 amide bonds. The van der Waals surface area contributed by atoms with Crippen molar-refractivity contribution in [3.63, 3.8) is 0 Å². The van der Waals surface area contributed by atoms with Crippen molar-refractivity contribution < 1.29 is 9.53 Å². The van der Waals surface area contributed by atoms with Crippen molar-refractivity contribution in [2.75, 3.05) is 19.8 Å². The second-order valence-electron chi connectivity index (χ2n) is 5.29. The smallest absolute Gasteiger partial charge is 0.251 e. The molecule has 1 N–H and O–H groups in total.